The molecule has 0 aliphatic heterocycles. The second-order valence-electron chi connectivity index (χ2n) is 4.36. The van der Waals surface area contributed by atoms with Crippen LogP contribution in [0.1, 0.15) is 32.6 Å². The van der Waals surface area contributed by atoms with Crippen molar-refractivity contribution in [3.05, 3.63) is 0 Å². The van der Waals surface area contributed by atoms with E-state index in [1.54, 1.807) is 0 Å². The lowest BCUT2D eigenvalue weighted by Crippen LogP contribution is -2.09. The molecule has 2 fully saturated rings. The van der Waals surface area contributed by atoms with E-state index in [9.17, 15) is 4.79 Å². The Labute approximate surface area is 73.3 Å². The maximum absolute atomic E-state index is 11.3. The topological polar surface area (TPSA) is 26.3 Å². The van der Waals surface area contributed by atoms with Crippen molar-refractivity contribution in [1.82, 2.24) is 0 Å². The van der Waals surface area contributed by atoms with Gasteiger partial charge in [-0.05, 0) is 24.2 Å². The highest BCUT2D eigenvalue weighted by Crippen LogP contribution is 2.66. The average Bonchev–Trinajstić information content (AvgIpc) is 2.69. The summed E-state index contributed by atoms with van der Waals surface area (Å²) in [5.74, 6) is 0.882. The van der Waals surface area contributed by atoms with Crippen molar-refractivity contribution in [2.24, 2.45) is 17.3 Å². The van der Waals surface area contributed by atoms with Gasteiger partial charge in [-0.25, -0.2) is 0 Å². The zero-order chi connectivity index (χ0) is 8.77. The smallest absolute Gasteiger partial charge is 0.309 e. The van der Waals surface area contributed by atoms with Crippen molar-refractivity contribution >= 4 is 5.97 Å². The van der Waals surface area contributed by atoms with E-state index in [-0.39, 0.29) is 11.9 Å². The average molecular weight is 168 g/mol. The predicted octanol–water partition coefficient (Wildman–Crippen LogP) is 1.99. The number of carbonyl (C=O) groups is 1. The Kier molecular flexibility index (Phi) is 1.67. The Bertz CT molecular complexity index is 212. The maximum atomic E-state index is 11.3. The maximum Gasteiger partial charge on any atom is 0.309 e. The Morgan fingerprint density at radius 1 is 1.50 bits per heavy atom. The van der Waals surface area contributed by atoms with E-state index in [1.165, 1.54) is 32.8 Å². The first-order valence-corrected chi connectivity index (χ1v) is 4.78. The molecule has 0 heterocycles. The van der Waals surface area contributed by atoms with Crippen LogP contribution in [0, 0.1) is 17.3 Å². The van der Waals surface area contributed by atoms with E-state index in [2.05, 4.69) is 6.92 Å². The first-order valence-electron chi connectivity index (χ1n) is 4.78. The molecule has 0 bridgehead atoms. The molecule has 0 N–H and O–H groups in total. The minimum Gasteiger partial charge on any atom is -0.469 e. The van der Waals surface area contributed by atoms with Crippen molar-refractivity contribution < 1.29 is 9.53 Å². The third-order valence-corrected chi connectivity index (χ3v) is 3.79. The fourth-order valence-electron chi connectivity index (χ4n) is 2.93. The van der Waals surface area contributed by atoms with Gasteiger partial charge in [0.05, 0.1) is 13.0 Å². The number of esters is 1. The molecule has 2 nitrogen and oxygen atoms in total. The number of carbonyl (C=O) groups excluding carboxylic acids is 1. The monoisotopic (exact) mass is 168 g/mol. The van der Waals surface area contributed by atoms with Crippen LogP contribution in [0.2, 0.25) is 0 Å². The summed E-state index contributed by atoms with van der Waals surface area (Å²) in [6, 6.07) is 0. The molecule has 0 amide bonds. The van der Waals surface area contributed by atoms with E-state index in [4.69, 9.17) is 4.74 Å². The highest BCUT2D eigenvalue weighted by molar-refractivity contribution is 5.77. The molecule has 0 spiro atoms. The fourth-order valence-corrected chi connectivity index (χ4v) is 2.93. The Morgan fingerprint density at radius 3 is 2.75 bits per heavy atom. The summed E-state index contributed by atoms with van der Waals surface area (Å²) in [5, 5.41) is 0. The molecule has 12 heavy (non-hydrogen) atoms. The minimum absolute atomic E-state index is 0.0180. The van der Waals surface area contributed by atoms with Gasteiger partial charge < -0.3 is 4.74 Å². The van der Waals surface area contributed by atoms with Crippen LogP contribution in [0.25, 0.3) is 0 Å². The minimum atomic E-state index is 0.0180. The summed E-state index contributed by atoms with van der Waals surface area (Å²) in [6.45, 7) is 2.23. The molecule has 2 aliphatic rings. The van der Waals surface area contributed by atoms with Gasteiger partial charge in [0.2, 0.25) is 0 Å². The van der Waals surface area contributed by atoms with Gasteiger partial charge in [0.1, 0.15) is 0 Å². The van der Waals surface area contributed by atoms with E-state index >= 15 is 0 Å². The van der Waals surface area contributed by atoms with Crippen LogP contribution in [0.4, 0.5) is 0 Å². The third kappa shape index (κ3) is 0.900. The van der Waals surface area contributed by atoms with Crippen molar-refractivity contribution in [3.63, 3.8) is 0 Å². The predicted molar refractivity (Wildman–Crippen MR) is 45.6 cm³/mol. The summed E-state index contributed by atoms with van der Waals surface area (Å²) < 4.78 is 4.79. The summed E-state index contributed by atoms with van der Waals surface area (Å²) in [5.41, 5.74) is 0.311. The number of hydrogen-bond acceptors (Lipinski definition) is 2. The number of ether oxygens (including phenoxy) is 1. The Morgan fingerprint density at radius 2 is 2.25 bits per heavy atom. The second-order valence-corrected chi connectivity index (χ2v) is 4.36. The summed E-state index contributed by atoms with van der Waals surface area (Å²) in [4.78, 5) is 11.3. The molecule has 2 rings (SSSR count). The van der Waals surface area contributed by atoms with Gasteiger partial charge in [0.15, 0.2) is 0 Å². The lowest BCUT2D eigenvalue weighted by atomic mass is 9.90. The SMILES string of the molecule is COC(=O)[C@H]1[C@@H]2CCCC[C@@]21C. The summed E-state index contributed by atoms with van der Waals surface area (Å²) in [7, 11) is 1.50. The van der Waals surface area contributed by atoms with Crippen LogP contribution in [-0.4, -0.2) is 13.1 Å². The number of hydrogen-bond donors (Lipinski definition) is 0. The van der Waals surface area contributed by atoms with Crippen molar-refractivity contribution in [2.45, 2.75) is 32.6 Å². The van der Waals surface area contributed by atoms with Gasteiger partial charge in [0.25, 0.3) is 0 Å². The van der Waals surface area contributed by atoms with Crippen molar-refractivity contribution in [2.75, 3.05) is 7.11 Å². The number of methoxy groups -OCH3 is 1. The molecule has 0 saturated heterocycles. The molecular formula is C10H16O2. The van der Waals surface area contributed by atoms with Gasteiger partial charge in [-0.2, -0.15) is 0 Å². The highest BCUT2D eigenvalue weighted by atomic mass is 16.5. The standard InChI is InChI=1S/C10H16O2/c1-10-6-4-3-5-7(10)8(10)9(11)12-2/h7-8H,3-6H2,1-2H3/t7-,8+,10-/m0/s1. The Hall–Kier alpha value is -0.530. The molecule has 3 atom stereocenters. The summed E-state index contributed by atoms with van der Waals surface area (Å²) in [6.07, 6.45) is 5.04. The van der Waals surface area contributed by atoms with Crippen LogP contribution < -0.4 is 0 Å². The third-order valence-electron chi connectivity index (χ3n) is 3.79. The molecule has 0 aromatic rings. The van der Waals surface area contributed by atoms with Crippen LogP contribution in [0.5, 0.6) is 0 Å². The zero-order valence-corrected chi connectivity index (χ0v) is 7.80. The van der Waals surface area contributed by atoms with Crippen LogP contribution in [-0.2, 0) is 9.53 Å². The van der Waals surface area contributed by atoms with Gasteiger partial charge in [-0.1, -0.05) is 19.8 Å². The summed E-state index contributed by atoms with van der Waals surface area (Å²) >= 11 is 0. The van der Waals surface area contributed by atoms with Crippen molar-refractivity contribution in [1.29, 1.82) is 0 Å². The Balaban J connectivity index is 2.07. The number of fused-ring (bicyclic) bond motifs is 1. The zero-order valence-electron chi connectivity index (χ0n) is 7.80. The van der Waals surface area contributed by atoms with Crippen LogP contribution in [0.3, 0.4) is 0 Å². The second kappa shape index (κ2) is 2.48. The molecule has 2 aliphatic carbocycles. The lowest BCUT2D eigenvalue weighted by molar-refractivity contribution is -0.143. The lowest BCUT2D eigenvalue weighted by Gasteiger charge is -2.15. The quantitative estimate of drug-likeness (QED) is 0.560. The number of rotatable bonds is 1. The fraction of sp³-hybridized carbons (Fsp3) is 0.900. The van der Waals surface area contributed by atoms with E-state index < -0.39 is 0 Å². The molecule has 0 aromatic carbocycles. The van der Waals surface area contributed by atoms with Gasteiger partial charge >= 0.3 is 5.97 Å². The van der Waals surface area contributed by atoms with Crippen molar-refractivity contribution in [3.8, 4) is 0 Å². The van der Waals surface area contributed by atoms with Crippen LogP contribution >= 0.6 is 0 Å². The molecule has 68 valence electrons. The van der Waals surface area contributed by atoms with Gasteiger partial charge in [0, 0.05) is 0 Å². The highest BCUT2D eigenvalue weighted by Gasteiger charge is 2.65. The largest absolute Gasteiger partial charge is 0.469 e. The molecule has 0 radical (unpaired) electrons. The molecule has 0 aromatic heterocycles. The van der Waals surface area contributed by atoms with E-state index in [1.807, 2.05) is 0 Å². The normalized spacial score (nSPS) is 44.8. The van der Waals surface area contributed by atoms with Gasteiger partial charge in [-0.3, -0.25) is 4.79 Å². The first kappa shape index (κ1) is 8.09. The van der Waals surface area contributed by atoms with Crippen LogP contribution in [0.15, 0.2) is 0 Å². The van der Waals surface area contributed by atoms with E-state index in [0.29, 0.717) is 11.3 Å². The molecule has 2 heteroatoms. The van der Waals surface area contributed by atoms with Gasteiger partial charge in [-0.15, -0.1) is 0 Å². The molecule has 2 saturated carbocycles. The first-order chi connectivity index (χ1) is 5.70. The molecule has 0 unspecified atom stereocenters. The van der Waals surface area contributed by atoms with E-state index in [0.717, 1.165) is 0 Å². The molecular weight excluding hydrogens is 152 g/mol.